The number of nitrogens with zero attached hydrogens (tertiary/aromatic N) is 1. The highest BCUT2D eigenvalue weighted by Gasteiger charge is 2.24. The van der Waals surface area contributed by atoms with Crippen LogP contribution in [0.1, 0.15) is 40.5 Å². The fourth-order valence-corrected chi connectivity index (χ4v) is 2.66. The molecule has 16 heavy (non-hydrogen) atoms. The Morgan fingerprint density at radius 3 is 2.56 bits per heavy atom. The van der Waals surface area contributed by atoms with E-state index in [1.807, 2.05) is 0 Å². The molecular formula is C14H26FN. The molecule has 0 aliphatic carbocycles. The van der Waals surface area contributed by atoms with Crippen molar-refractivity contribution in [2.24, 2.45) is 17.8 Å². The van der Waals surface area contributed by atoms with Crippen molar-refractivity contribution >= 4 is 0 Å². The van der Waals surface area contributed by atoms with Crippen LogP contribution in [-0.4, -0.2) is 24.2 Å². The Kier molecular flexibility index (Phi) is 4.82. The summed E-state index contributed by atoms with van der Waals surface area (Å²) in [6, 6.07) is 0. The molecule has 0 aromatic carbocycles. The first-order chi connectivity index (χ1) is 7.40. The third-order valence-electron chi connectivity index (χ3n) is 3.75. The summed E-state index contributed by atoms with van der Waals surface area (Å²) in [4.78, 5) is 2.15. The molecule has 2 heteroatoms. The van der Waals surface area contributed by atoms with Gasteiger partial charge in [0.15, 0.2) is 0 Å². The second-order valence-corrected chi connectivity index (χ2v) is 5.75. The smallest absolute Gasteiger partial charge is 0.115 e. The largest absolute Gasteiger partial charge is 0.372 e. The molecule has 0 amide bonds. The third kappa shape index (κ3) is 3.80. The second kappa shape index (κ2) is 5.70. The van der Waals surface area contributed by atoms with Crippen LogP contribution in [0.25, 0.3) is 0 Å². The molecule has 4 unspecified atom stereocenters. The van der Waals surface area contributed by atoms with Gasteiger partial charge >= 0.3 is 0 Å². The fraction of sp³-hybridized carbons (Fsp3) is 0.857. The van der Waals surface area contributed by atoms with Gasteiger partial charge in [0.1, 0.15) is 6.17 Å². The summed E-state index contributed by atoms with van der Waals surface area (Å²) < 4.78 is 13.1. The van der Waals surface area contributed by atoms with Gasteiger partial charge in [-0.2, -0.15) is 0 Å². The molecule has 0 bridgehead atoms. The maximum absolute atomic E-state index is 13.1. The van der Waals surface area contributed by atoms with Crippen LogP contribution in [0.5, 0.6) is 0 Å². The molecule has 1 aliphatic rings. The van der Waals surface area contributed by atoms with Gasteiger partial charge < -0.3 is 4.90 Å². The Morgan fingerprint density at radius 2 is 2.00 bits per heavy atom. The van der Waals surface area contributed by atoms with Crippen LogP contribution in [0.2, 0.25) is 0 Å². The molecule has 0 aromatic rings. The van der Waals surface area contributed by atoms with Gasteiger partial charge in [0.05, 0.1) is 0 Å². The quantitative estimate of drug-likeness (QED) is 0.692. The lowest BCUT2D eigenvalue weighted by molar-refractivity contribution is 0.168. The maximum Gasteiger partial charge on any atom is 0.115 e. The van der Waals surface area contributed by atoms with Gasteiger partial charge in [-0.15, -0.1) is 0 Å². The molecule has 1 saturated heterocycles. The molecule has 1 nitrogen and oxygen atoms in total. The van der Waals surface area contributed by atoms with Crippen LogP contribution < -0.4 is 0 Å². The van der Waals surface area contributed by atoms with Gasteiger partial charge in [-0.05, 0) is 37.5 Å². The summed E-state index contributed by atoms with van der Waals surface area (Å²) in [6.07, 6.45) is 1.49. The molecule has 0 saturated carbocycles. The van der Waals surface area contributed by atoms with Crippen LogP contribution in [0.4, 0.5) is 4.39 Å². The van der Waals surface area contributed by atoms with Crippen LogP contribution in [0.15, 0.2) is 12.3 Å². The Morgan fingerprint density at radius 1 is 1.38 bits per heavy atom. The van der Waals surface area contributed by atoms with Crippen molar-refractivity contribution in [3.63, 3.8) is 0 Å². The van der Waals surface area contributed by atoms with Crippen LogP contribution >= 0.6 is 0 Å². The van der Waals surface area contributed by atoms with E-state index in [1.54, 1.807) is 6.92 Å². The van der Waals surface area contributed by atoms with E-state index in [-0.39, 0.29) is 0 Å². The van der Waals surface area contributed by atoms with Gasteiger partial charge in [-0.25, -0.2) is 4.39 Å². The highest BCUT2D eigenvalue weighted by molar-refractivity contribution is 4.98. The van der Waals surface area contributed by atoms with Gasteiger partial charge in [0.25, 0.3) is 0 Å². The van der Waals surface area contributed by atoms with E-state index in [0.29, 0.717) is 18.4 Å². The number of allylic oxidation sites excluding steroid dienone is 1. The van der Waals surface area contributed by atoms with Crippen molar-refractivity contribution in [1.82, 2.24) is 4.90 Å². The maximum atomic E-state index is 13.1. The zero-order chi connectivity index (χ0) is 12.3. The number of alkyl halides is 1. The molecule has 0 spiro atoms. The summed E-state index contributed by atoms with van der Waals surface area (Å²) in [5, 5.41) is 0. The van der Waals surface area contributed by atoms with Gasteiger partial charge in [0.2, 0.25) is 0 Å². The standard InChI is InChI=1S/C14H26FN/c1-10-6-11(2)12(3)7-14(5)16(8-10)9-13(4)15/h10-13H,5-9H2,1-4H3. The molecular weight excluding hydrogens is 201 g/mol. The summed E-state index contributed by atoms with van der Waals surface area (Å²) in [6.45, 7) is 14.1. The average molecular weight is 227 g/mol. The fourth-order valence-electron chi connectivity index (χ4n) is 2.66. The minimum atomic E-state index is -0.767. The zero-order valence-corrected chi connectivity index (χ0v) is 11.2. The first-order valence-electron chi connectivity index (χ1n) is 6.47. The van der Waals surface area contributed by atoms with E-state index in [9.17, 15) is 4.39 Å². The Labute approximate surface area is 99.7 Å². The molecule has 1 heterocycles. The highest BCUT2D eigenvalue weighted by atomic mass is 19.1. The Bertz CT molecular complexity index is 237. The van der Waals surface area contributed by atoms with Crippen molar-refractivity contribution in [3.05, 3.63) is 12.3 Å². The van der Waals surface area contributed by atoms with Gasteiger partial charge in [-0.3, -0.25) is 0 Å². The lowest BCUT2D eigenvalue weighted by atomic mass is 9.83. The predicted octanol–water partition coefficient (Wildman–Crippen LogP) is 3.86. The first kappa shape index (κ1) is 13.5. The van der Waals surface area contributed by atoms with Gasteiger partial charge in [0, 0.05) is 18.8 Å². The SMILES string of the molecule is C=C1CC(C)C(C)CC(C)CN1CC(C)F. The Hall–Kier alpha value is -0.530. The predicted molar refractivity (Wildman–Crippen MR) is 68.0 cm³/mol. The number of hydrogen-bond acceptors (Lipinski definition) is 1. The van der Waals surface area contributed by atoms with E-state index in [4.69, 9.17) is 0 Å². The number of hydrogen-bond donors (Lipinski definition) is 0. The first-order valence-corrected chi connectivity index (χ1v) is 6.47. The topological polar surface area (TPSA) is 3.24 Å². The summed E-state index contributed by atoms with van der Waals surface area (Å²) in [5.74, 6) is 2.04. The molecule has 94 valence electrons. The average Bonchev–Trinajstić information content (AvgIpc) is 2.14. The lowest BCUT2D eigenvalue weighted by Gasteiger charge is -2.36. The summed E-state index contributed by atoms with van der Waals surface area (Å²) in [7, 11) is 0. The van der Waals surface area contributed by atoms with Crippen molar-refractivity contribution in [3.8, 4) is 0 Å². The van der Waals surface area contributed by atoms with Crippen LogP contribution in [0.3, 0.4) is 0 Å². The van der Waals surface area contributed by atoms with E-state index in [0.717, 1.165) is 24.6 Å². The third-order valence-corrected chi connectivity index (χ3v) is 3.75. The highest BCUT2D eigenvalue weighted by Crippen LogP contribution is 2.30. The molecule has 0 N–H and O–H groups in total. The number of rotatable bonds is 2. The number of halogens is 1. The van der Waals surface area contributed by atoms with Crippen molar-refractivity contribution in [2.45, 2.75) is 46.7 Å². The Balaban J connectivity index is 2.68. The summed E-state index contributed by atoms with van der Waals surface area (Å²) >= 11 is 0. The van der Waals surface area contributed by atoms with Crippen molar-refractivity contribution in [2.75, 3.05) is 13.1 Å². The van der Waals surface area contributed by atoms with E-state index < -0.39 is 6.17 Å². The minimum Gasteiger partial charge on any atom is -0.372 e. The molecule has 1 fully saturated rings. The van der Waals surface area contributed by atoms with Crippen molar-refractivity contribution in [1.29, 1.82) is 0 Å². The summed E-state index contributed by atoms with van der Waals surface area (Å²) in [5.41, 5.74) is 1.12. The molecule has 1 aliphatic heterocycles. The lowest BCUT2D eigenvalue weighted by Crippen LogP contribution is -2.36. The molecule has 0 radical (unpaired) electrons. The van der Waals surface area contributed by atoms with E-state index in [1.165, 1.54) is 6.42 Å². The zero-order valence-electron chi connectivity index (χ0n) is 11.2. The second-order valence-electron chi connectivity index (χ2n) is 5.75. The van der Waals surface area contributed by atoms with Crippen LogP contribution in [0, 0.1) is 17.8 Å². The van der Waals surface area contributed by atoms with E-state index >= 15 is 0 Å². The molecule has 4 atom stereocenters. The number of likely N-dealkylation sites (tertiary alicyclic amines) is 1. The minimum absolute atomic E-state index is 0.504. The molecule has 1 rings (SSSR count). The monoisotopic (exact) mass is 227 g/mol. The van der Waals surface area contributed by atoms with Crippen molar-refractivity contribution < 1.29 is 4.39 Å². The normalized spacial score (nSPS) is 34.4. The van der Waals surface area contributed by atoms with Crippen LogP contribution in [-0.2, 0) is 0 Å². The van der Waals surface area contributed by atoms with Gasteiger partial charge in [-0.1, -0.05) is 27.4 Å². The van der Waals surface area contributed by atoms with E-state index in [2.05, 4.69) is 32.3 Å². The molecule has 0 aromatic heterocycles.